The molecule has 0 bridgehead atoms. The van der Waals surface area contributed by atoms with E-state index in [1.54, 1.807) is 7.11 Å². The van der Waals surface area contributed by atoms with Crippen LogP contribution < -0.4 is 14.2 Å². The fourth-order valence-electron chi connectivity index (χ4n) is 5.45. The zero-order chi connectivity index (χ0) is 31.0. The van der Waals surface area contributed by atoms with Crippen molar-refractivity contribution in [2.45, 2.75) is 68.1 Å². The molecule has 6 rings (SSSR count). The molecule has 0 spiro atoms. The van der Waals surface area contributed by atoms with Crippen LogP contribution in [0.25, 0.3) is 22.3 Å². The molecule has 4 heterocycles. The Hall–Kier alpha value is -3.02. The number of aliphatic hydroxyl groups excluding tert-OH is 6. The average Bonchev–Trinajstić information content (AvgIpc) is 3.68. The van der Waals surface area contributed by atoms with Gasteiger partial charge in [-0.1, -0.05) is 0 Å². The summed E-state index contributed by atoms with van der Waals surface area (Å²) in [7, 11) is 1.57. The van der Waals surface area contributed by atoms with Gasteiger partial charge in [-0.05, 0) is 54.8 Å². The van der Waals surface area contributed by atoms with Crippen molar-refractivity contribution in [1.29, 1.82) is 0 Å². The van der Waals surface area contributed by atoms with E-state index < -0.39 is 55.3 Å². The van der Waals surface area contributed by atoms with Crippen LogP contribution in [-0.2, 0) is 25.4 Å². The second-order valence-electron chi connectivity index (χ2n) is 11.0. The first-order valence-corrected chi connectivity index (χ1v) is 14.3. The van der Waals surface area contributed by atoms with Crippen molar-refractivity contribution < 1.29 is 68.2 Å². The first-order chi connectivity index (χ1) is 21.2. The summed E-state index contributed by atoms with van der Waals surface area (Å²) in [5.41, 5.74) is 2.40. The summed E-state index contributed by atoms with van der Waals surface area (Å²) < 4.78 is 44.6. The quantitative estimate of drug-likeness (QED) is 0.166. The molecule has 240 valence electrons. The Balaban J connectivity index is 1.05. The summed E-state index contributed by atoms with van der Waals surface area (Å²) in [5, 5.41) is 61.5. The first kappa shape index (κ1) is 31.0. The van der Waals surface area contributed by atoms with E-state index in [4.69, 9.17) is 37.6 Å². The zero-order valence-corrected chi connectivity index (χ0v) is 23.9. The molecular formula is C30H36O14. The number of rotatable bonds is 10. The summed E-state index contributed by atoms with van der Waals surface area (Å²) in [6, 6.07) is 11.4. The van der Waals surface area contributed by atoms with Crippen LogP contribution in [0, 0.1) is 0 Å². The van der Waals surface area contributed by atoms with E-state index in [1.165, 1.54) is 0 Å². The maximum absolute atomic E-state index is 10.4. The third-order valence-corrected chi connectivity index (χ3v) is 7.96. The normalized spacial score (nSPS) is 31.8. The van der Waals surface area contributed by atoms with Crippen LogP contribution >= 0.6 is 0 Å². The summed E-state index contributed by atoms with van der Waals surface area (Å²) >= 11 is 0. The highest BCUT2D eigenvalue weighted by atomic mass is 16.7. The summed E-state index contributed by atoms with van der Waals surface area (Å²) in [5.74, 6) is 2.56. The molecule has 3 aliphatic rings. The first-order valence-electron chi connectivity index (χ1n) is 14.3. The van der Waals surface area contributed by atoms with Crippen LogP contribution in [0.3, 0.4) is 0 Å². The van der Waals surface area contributed by atoms with Crippen LogP contribution in [0.1, 0.15) is 12.0 Å². The molecule has 14 heteroatoms. The third-order valence-electron chi connectivity index (χ3n) is 7.96. The standard InChI is InChI=1S/C30H36O14/c1-37-21-8-14(7-16-10-19(43-28(16)21)15-4-5-18-20(9-15)42-13-41-18)3-2-6-38-30-27(36)25(34)24(33)22(44-30)12-40-29-26(35)23(32)17(31)11-39-29/h4-5,7-10,17,22-27,29-36H,2-3,6,11-13H2,1H3/t17-,22+,23-,24-,25-,26-,27-,29-,30+/m1/s1. The summed E-state index contributed by atoms with van der Waals surface area (Å²) in [6.45, 7) is -0.276. The molecule has 3 aliphatic heterocycles. The predicted octanol–water partition coefficient (Wildman–Crippen LogP) is 0.0495. The number of benzene rings is 2. The van der Waals surface area contributed by atoms with Crippen molar-refractivity contribution in [3.8, 4) is 28.6 Å². The number of fused-ring (bicyclic) bond motifs is 2. The molecule has 0 amide bonds. The topological polar surface area (TPSA) is 199 Å². The zero-order valence-electron chi connectivity index (χ0n) is 23.9. The van der Waals surface area contributed by atoms with Crippen LogP contribution in [0.5, 0.6) is 17.2 Å². The van der Waals surface area contributed by atoms with Crippen molar-refractivity contribution in [2.75, 3.05) is 33.7 Å². The van der Waals surface area contributed by atoms with E-state index in [2.05, 4.69) is 0 Å². The Labute approximate surface area is 251 Å². The maximum Gasteiger partial charge on any atom is 0.231 e. The minimum absolute atomic E-state index is 0.154. The van der Waals surface area contributed by atoms with Gasteiger partial charge in [-0.3, -0.25) is 0 Å². The minimum Gasteiger partial charge on any atom is -0.493 e. The molecule has 6 N–H and O–H groups in total. The SMILES string of the molecule is COc1cc(CCCO[C@H]2O[C@@H](CO[C@H]3OC[C@@H](O)[C@@H](O)[C@H]3O)[C@@H](O)[C@@H](O)[C@H]2O)cc2cc(-c3ccc4c(c3)OCO4)oc12. The van der Waals surface area contributed by atoms with E-state index in [1.807, 2.05) is 36.4 Å². The van der Waals surface area contributed by atoms with Crippen molar-refractivity contribution in [3.63, 3.8) is 0 Å². The highest BCUT2D eigenvalue weighted by Crippen LogP contribution is 2.39. The molecule has 2 aromatic carbocycles. The van der Waals surface area contributed by atoms with Crippen LogP contribution in [0.4, 0.5) is 0 Å². The van der Waals surface area contributed by atoms with Crippen molar-refractivity contribution in [2.24, 2.45) is 0 Å². The van der Waals surface area contributed by atoms with Gasteiger partial charge in [-0.15, -0.1) is 0 Å². The van der Waals surface area contributed by atoms with Crippen molar-refractivity contribution in [3.05, 3.63) is 42.0 Å². The van der Waals surface area contributed by atoms with E-state index in [0.717, 1.165) is 16.5 Å². The molecule has 44 heavy (non-hydrogen) atoms. The van der Waals surface area contributed by atoms with Crippen molar-refractivity contribution in [1.82, 2.24) is 0 Å². The monoisotopic (exact) mass is 620 g/mol. The molecule has 0 unspecified atom stereocenters. The lowest BCUT2D eigenvalue weighted by Gasteiger charge is -2.41. The Morgan fingerprint density at radius 3 is 2.43 bits per heavy atom. The Morgan fingerprint density at radius 2 is 1.61 bits per heavy atom. The van der Waals surface area contributed by atoms with Gasteiger partial charge >= 0.3 is 0 Å². The number of methoxy groups -OCH3 is 1. The lowest BCUT2D eigenvalue weighted by atomic mass is 9.99. The summed E-state index contributed by atoms with van der Waals surface area (Å²) in [4.78, 5) is 0. The van der Waals surface area contributed by atoms with Gasteiger partial charge in [0.25, 0.3) is 0 Å². The van der Waals surface area contributed by atoms with Gasteiger partial charge < -0.3 is 68.2 Å². The second-order valence-corrected chi connectivity index (χ2v) is 11.0. The Morgan fingerprint density at radius 1 is 0.818 bits per heavy atom. The molecule has 2 saturated heterocycles. The number of furan rings is 1. The van der Waals surface area contributed by atoms with Gasteiger partial charge in [-0.2, -0.15) is 0 Å². The van der Waals surface area contributed by atoms with E-state index >= 15 is 0 Å². The van der Waals surface area contributed by atoms with Crippen LogP contribution in [0.2, 0.25) is 0 Å². The fourth-order valence-corrected chi connectivity index (χ4v) is 5.45. The van der Waals surface area contributed by atoms with Gasteiger partial charge in [0.1, 0.15) is 48.5 Å². The van der Waals surface area contributed by atoms with Gasteiger partial charge in [0.2, 0.25) is 6.79 Å². The highest BCUT2D eigenvalue weighted by Gasteiger charge is 2.45. The number of ether oxygens (including phenoxy) is 7. The molecule has 3 aromatic rings. The van der Waals surface area contributed by atoms with Crippen LogP contribution in [-0.4, -0.2) is 120 Å². The van der Waals surface area contributed by atoms with Gasteiger partial charge in [0.05, 0.1) is 26.9 Å². The third kappa shape index (κ3) is 6.23. The molecule has 9 atom stereocenters. The van der Waals surface area contributed by atoms with E-state index in [9.17, 15) is 30.6 Å². The maximum atomic E-state index is 10.4. The second kappa shape index (κ2) is 13.1. The number of hydrogen-bond donors (Lipinski definition) is 6. The molecule has 1 aromatic heterocycles. The molecule has 0 radical (unpaired) electrons. The van der Waals surface area contributed by atoms with Gasteiger partial charge in [0, 0.05) is 10.9 Å². The van der Waals surface area contributed by atoms with Gasteiger partial charge in [-0.25, -0.2) is 0 Å². The molecule has 0 saturated carbocycles. The molecule has 0 aliphatic carbocycles. The highest BCUT2D eigenvalue weighted by molar-refractivity contribution is 5.88. The van der Waals surface area contributed by atoms with Crippen molar-refractivity contribution >= 4 is 11.0 Å². The van der Waals surface area contributed by atoms with E-state index in [0.29, 0.717) is 41.4 Å². The lowest BCUT2D eigenvalue weighted by molar-refractivity contribution is -0.320. The predicted molar refractivity (Wildman–Crippen MR) is 149 cm³/mol. The molecule has 14 nitrogen and oxygen atoms in total. The fraction of sp³-hybridized carbons (Fsp3) is 0.533. The molecular weight excluding hydrogens is 584 g/mol. The summed E-state index contributed by atoms with van der Waals surface area (Å²) in [6.07, 6.45) is -11.5. The largest absolute Gasteiger partial charge is 0.493 e. The molecule has 2 fully saturated rings. The van der Waals surface area contributed by atoms with E-state index in [-0.39, 0.29) is 26.6 Å². The number of aryl methyl sites for hydroxylation is 1. The number of hydrogen-bond acceptors (Lipinski definition) is 14. The minimum atomic E-state index is -1.58. The average molecular weight is 621 g/mol. The van der Waals surface area contributed by atoms with Crippen LogP contribution in [0.15, 0.2) is 40.8 Å². The lowest BCUT2D eigenvalue weighted by Crippen LogP contribution is -2.60. The Bertz CT molecular complexity index is 1430. The van der Waals surface area contributed by atoms with Gasteiger partial charge in [0.15, 0.2) is 35.4 Å². The number of aliphatic hydroxyl groups is 6. The Kier molecular flexibility index (Phi) is 9.26. The smallest absolute Gasteiger partial charge is 0.231 e.